The molecule has 0 spiro atoms. The minimum absolute atomic E-state index is 0.0157. The van der Waals surface area contributed by atoms with Crippen molar-refractivity contribution in [2.75, 3.05) is 13.1 Å². The average molecular weight is 754 g/mol. The molecule has 0 unspecified atom stereocenters. The summed E-state index contributed by atoms with van der Waals surface area (Å²) in [4.78, 5) is 62.6. The fourth-order valence-corrected chi connectivity index (χ4v) is 5.28. The second-order valence-electron chi connectivity index (χ2n) is 13.1. The van der Waals surface area contributed by atoms with E-state index in [0.29, 0.717) is 43.6 Å². The topological polar surface area (TPSA) is 366 Å². The number of nitrogens with one attached hydrogen (secondary N) is 7. The molecule has 3 atom stereocenters. The molecule has 4 amide bonds. The van der Waals surface area contributed by atoms with E-state index in [2.05, 4.69) is 36.2 Å². The van der Waals surface area contributed by atoms with Crippen LogP contribution < -0.4 is 81.8 Å². The van der Waals surface area contributed by atoms with Crippen LogP contribution in [0.15, 0.2) is 48.5 Å². The number of hydrogen-bond acceptors (Lipinski definition) is 4. The van der Waals surface area contributed by atoms with Crippen LogP contribution in [0.1, 0.15) is 61.8 Å². The predicted octanol–water partition coefficient (Wildman–Crippen LogP) is -9.76. The number of rotatable bonds is 22. The smallest absolute Gasteiger partial charge is 0.339 e. The SMILES string of the molecule is CC(C)[C@H](NC(=O)[C@H](CCC[NH+]=C(N)N)NC(=O)Cc1cccc(C[NH+]=C(N)N)c1)C(=O)N[C@@H](CCC[NH+]=C(N)N)C(=O)NCc1ccc(C(N)=[NH2+])cc1. The van der Waals surface area contributed by atoms with Crippen LogP contribution in [0.4, 0.5) is 0 Å². The van der Waals surface area contributed by atoms with Crippen molar-refractivity contribution in [1.29, 1.82) is 0 Å². The van der Waals surface area contributed by atoms with Crippen molar-refractivity contribution in [3.05, 3.63) is 70.8 Å². The van der Waals surface area contributed by atoms with E-state index < -0.39 is 47.7 Å². The summed E-state index contributed by atoms with van der Waals surface area (Å²) in [7, 11) is 0. The maximum Gasteiger partial charge on any atom is 0.339 e. The summed E-state index contributed by atoms with van der Waals surface area (Å²) >= 11 is 0. The van der Waals surface area contributed by atoms with Crippen LogP contribution in [-0.2, 0) is 38.7 Å². The molecule has 0 aliphatic rings. The van der Waals surface area contributed by atoms with Gasteiger partial charge in [0.1, 0.15) is 18.1 Å². The molecule has 0 radical (unpaired) electrons. The van der Waals surface area contributed by atoms with Gasteiger partial charge in [-0.2, -0.15) is 0 Å². The summed E-state index contributed by atoms with van der Waals surface area (Å²) in [5.41, 5.74) is 41.7. The monoisotopic (exact) mass is 753 g/mol. The molecule has 0 saturated heterocycles. The van der Waals surface area contributed by atoms with E-state index in [1.54, 1.807) is 50.2 Å². The third-order valence-electron chi connectivity index (χ3n) is 8.14. The summed E-state index contributed by atoms with van der Waals surface area (Å²) < 4.78 is 0. The Hall–Kier alpha value is -6.40. The van der Waals surface area contributed by atoms with Crippen molar-refractivity contribution in [3.63, 3.8) is 0 Å². The van der Waals surface area contributed by atoms with E-state index in [0.717, 1.165) is 11.1 Å². The van der Waals surface area contributed by atoms with Crippen LogP contribution in [-0.4, -0.2) is 78.6 Å². The van der Waals surface area contributed by atoms with Gasteiger partial charge in [0.2, 0.25) is 23.6 Å². The lowest BCUT2D eigenvalue weighted by molar-refractivity contribution is -0.477. The Kier molecular flexibility index (Phi) is 18.2. The predicted molar refractivity (Wildman–Crippen MR) is 204 cm³/mol. The molecule has 19 nitrogen and oxygen atoms in total. The first-order chi connectivity index (χ1) is 25.5. The average Bonchev–Trinajstić information content (AvgIpc) is 3.10. The Bertz CT molecular complexity index is 1660. The van der Waals surface area contributed by atoms with Crippen LogP contribution in [0.25, 0.3) is 0 Å². The molecular weight excluding hydrogens is 694 g/mol. The normalized spacial score (nSPS) is 12.3. The molecule has 0 bridgehead atoms. The minimum atomic E-state index is -1.05. The molecule has 0 heterocycles. The highest BCUT2D eigenvalue weighted by Crippen LogP contribution is 2.09. The Balaban J connectivity index is 2.21. The fourth-order valence-electron chi connectivity index (χ4n) is 5.28. The molecule has 294 valence electrons. The number of carbonyl (C=O) groups excluding carboxylic acids is 4. The van der Waals surface area contributed by atoms with E-state index in [9.17, 15) is 19.2 Å². The van der Waals surface area contributed by atoms with E-state index in [1.807, 2.05) is 12.1 Å². The van der Waals surface area contributed by atoms with Crippen molar-refractivity contribution < 1.29 is 39.6 Å². The first-order valence-corrected chi connectivity index (χ1v) is 17.6. The zero-order chi connectivity index (χ0) is 40.2. The van der Waals surface area contributed by atoms with Gasteiger partial charge in [0.25, 0.3) is 5.84 Å². The van der Waals surface area contributed by atoms with Gasteiger partial charge in [-0.3, -0.25) is 79.7 Å². The molecule has 54 heavy (non-hydrogen) atoms. The zero-order valence-corrected chi connectivity index (χ0v) is 31.0. The van der Waals surface area contributed by atoms with Crippen molar-refractivity contribution in [2.45, 2.75) is 77.2 Å². The number of amides is 4. The second-order valence-corrected chi connectivity index (χ2v) is 13.1. The minimum Gasteiger partial charge on any atom is -0.350 e. The summed E-state index contributed by atoms with van der Waals surface area (Å²) in [6.45, 7) is 4.76. The second kappa shape index (κ2) is 22.5. The first kappa shape index (κ1) is 43.8. The number of nitrogens with two attached hydrogens (primary N) is 8. The number of hydrogen-bond donors (Lipinski definition) is 15. The van der Waals surface area contributed by atoms with Crippen molar-refractivity contribution in [3.8, 4) is 0 Å². The Labute approximate surface area is 314 Å². The van der Waals surface area contributed by atoms with Crippen LogP contribution in [0.2, 0.25) is 0 Å². The largest absolute Gasteiger partial charge is 0.350 e. The first-order valence-electron chi connectivity index (χ1n) is 17.6. The standard InChI is InChI=1S/C35H55N15O4/c1-20(2)28(32(54)49-25(8-4-14-44-33(38)39)30(52)46-18-21-10-12-24(13-11-21)29(36)37)50-31(53)26(9-5-15-45-34(40)41)48-27(51)17-22-6-3-7-23(16-22)19-47-35(42)43/h3,6-7,10-13,16,20,25-26,28H,4-5,8-9,14-15,17-19H2,1-2H3,(H3,36,37)(H,46,52)(H,48,51)(H,49,54)(H,50,53)(H4,38,39,44)(H4,40,41,45)(H4,42,43,47)/p+4/t25-,26-,28-/m0/s1. The lowest BCUT2D eigenvalue weighted by Gasteiger charge is -2.27. The highest BCUT2D eigenvalue weighted by atomic mass is 16.2. The van der Waals surface area contributed by atoms with Gasteiger partial charge in [-0.1, -0.05) is 50.2 Å². The molecule has 0 saturated carbocycles. The van der Waals surface area contributed by atoms with E-state index in [1.165, 1.54) is 0 Å². The lowest BCUT2D eigenvalue weighted by Crippen LogP contribution is -2.78. The lowest BCUT2D eigenvalue weighted by atomic mass is 10.0. The highest BCUT2D eigenvalue weighted by molar-refractivity contribution is 5.95. The van der Waals surface area contributed by atoms with Gasteiger partial charge in [0, 0.05) is 6.54 Å². The molecular formula is C35H59N15O4+4. The van der Waals surface area contributed by atoms with Crippen LogP contribution >= 0.6 is 0 Å². The van der Waals surface area contributed by atoms with Gasteiger partial charge in [-0.15, -0.1) is 0 Å². The summed E-state index contributed by atoms with van der Waals surface area (Å²) in [5.74, 6) is -2.09. The molecule has 0 aromatic heterocycles. The summed E-state index contributed by atoms with van der Waals surface area (Å²) in [5, 5.41) is 16.9. The van der Waals surface area contributed by atoms with Crippen molar-refractivity contribution >= 4 is 47.3 Å². The van der Waals surface area contributed by atoms with E-state index >= 15 is 0 Å². The Morgan fingerprint density at radius 2 is 1.22 bits per heavy atom. The molecule has 0 aliphatic heterocycles. The van der Waals surface area contributed by atoms with E-state index in [4.69, 9.17) is 45.5 Å². The fraction of sp³-hybridized carbons (Fsp3) is 0.429. The number of benzene rings is 2. The molecule has 0 aliphatic carbocycles. The Morgan fingerprint density at radius 3 is 1.76 bits per heavy atom. The maximum atomic E-state index is 13.8. The van der Waals surface area contributed by atoms with Gasteiger partial charge in [-0.05, 0) is 60.4 Å². The van der Waals surface area contributed by atoms with Crippen LogP contribution in [0.3, 0.4) is 0 Å². The van der Waals surface area contributed by atoms with Crippen molar-refractivity contribution in [2.24, 2.45) is 46.1 Å². The summed E-state index contributed by atoms with van der Waals surface area (Å²) in [6, 6.07) is 11.3. The third-order valence-corrected chi connectivity index (χ3v) is 8.14. The quantitative estimate of drug-likeness (QED) is 0.0304. The molecule has 2 aromatic rings. The highest BCUT2D eigenvalue weighted by Gasteiger charge is 2.31. The summed E-state index contributed by atoms with van der Waals surface area (Å²) in [6.07, 6.45) is 1.26. The number of guanidine groups is 3. The van der Waals surface area contributed by atoms with Gasteiger partial charge < -0.3 is 21.3 Å². The Morgan fingerprint density at radius 1 is 0.667 bits per heavy atom. The molecule has 2 aromatic carbocycles. The zero-order valence-electron chi connectivity index (χ0n) is 31.0. The number of amidine groups is 1. The number of carbonyl (C=O) groups is 4. The van der Waals surface area contributed by atoms with Gasteiger partial charge in [0.15, 0.2) is 0 Å². The van der Waals surface area contributed by atoms with E-state index in [-0.39, 0.29) is 49.5 Å². The van der Waals surface area contributed by atoms with Gasteiger partial charge in [-0.25, -0.2) is 0 Å². The van der Waals surface area contributed by atoms with Gasteiger partial charge in [0.05, 0.1) is 31.6 Å². The van der Waals surface area contributed by atoms with Crippen LogP contribution in [0.5, 0.6) is 0 Å². The molecule has 2 rings (SSSR count). The molecule has 19 heteroatoms. The van der Waals surface area contributed by atoms with Crippen molar-refractivity contribution in [1.82, 2.24) is 21.3 Å². The maximum absolute atomic E-state index is 13.8. The third kappa shape index (κ3) is 16.7. The van der Waals surface area contributed by atoms with Crippen LogP contribution in [0, 0.1) is 5.92 Å². The molecule has 23 N–H and O–H groups in total. The molecule has 0 fully saturated rings. The van der Waals surface area contributed by atoms with Gasteiger partial charge >= 0.3 is 17.9 Å².